The lowest BCUT2D eigenvalue weighted by molar-refractivity contribution is -0.119. The van der Waals surface area contributed by atoms with Crippen molar-refractivity contribution in [1.29, 1.82) is 0 Å². The van der Waals surface area contributed by atoms with Crippen LogP contribution in [0.3, 0.4) is 0 Å². The molecule has 4 aromatic rings. The van der Waals surface area contributed by atoms with Gasteiger partial charge in [0.05, 0.1) is 37.0 Å². The second-order valence-electron chi connectivity index (χ2n) is 10.2. The third-order valence-electron chi connectivity index (χ3n) is 7.55. The summed E-state index contributed by atoms with van der Waals surface area (Å²) in [6.45, 7) is 2.00. The maximum absolute atomic E-state index is 14.3. The molecule has 1 aromatic heterocycles. The molecule has 1 saturated carbocycles. The van der Waals surface area contributed by atoms with E-state index in [1.165, 1.54) is 0 Å². The van der Waals surface area contributed by atoms with Crippen molar-refractivity contribution in [3.63, 3.8) is 0 Å². The first-order valence-corrected chi connectivity index (χ1v) is 13.4. The zero-order valence-corrected chi connectivity index (χ0v) is 22.8. The Balaban J connectivity index is 1.34. The number of amides is 3. The number of aromatic nitrogens is 1. The van der Waals surface area contributed by atoms with Crippen LogP contribution in [0.4, 0.5) is 16.2 Å². The molecule has 40 heavy (non-hydrogen) atoms. The quantitative estimate of drug-likeness (QED) is 0.317. The first-order valence-electron chi connectivity index (χ1n) is 13.4. The van der Waals surface area contributed by atoms with Crippen molar-refractivity contribution in [2.45, 2.75) is 31.8 Å². The number of carbonyl (C=O) groups excluding carboxylic acids is 2. The van der Waals surface area contributed by atoms with Gasteiger partial charge in [0.25, 0.3) is 0 Å². The normalized spacial score (nSPS) is 15.6. The van der Waals surface area contributed by atoms with Gasteiger partial charge < -0.3 is 24.3 Å². The second-order valence-corrected chi connectivity index (χ2v) is 10.2. The number of rotatable bonds is 7. The van der Waals surface area contributed by atoms with Gasteiger partial charge in [0.15, 0.2) is 0 Å². The predicted octanol–water partition coefficient (Wildman–Crippen LogP) is 5.94. The van der Waals surface area contributed by atoms with Crippen molar-refractivity contribution in [1.82, 2.24) is 9.47 Å². The molecule has 6 rings (SSSR count). The van der Waals surface area contributed by atoms with E-state index in [4.69, 9.17) is 9.47 Å². The molecule has 8 heteroatoms. The summed E-state index contributed by atoms with van der Waals surface area (Å²) >= 11 is 0. The predicted molar refractivity (Wildman–Crippen MR) is 155 cm³/mol. The number of hydrogen-bond donors (Lipinski definition) is 1. The molecule has 3 aromatic carbocycles. The Hall–Kier alpha value is -4.72. The molecule has 204 valence electrons. The molecule has 1 unspecified atom stereocenters. The fourth-order valence-corrected chi connectivity index (χ4v) is 5.48. The van der Waals surface area contributed by atoms with Crippen molar-refractivity contribution >= 4 is 23.3 Å². The number of carbonyl (C=O) groups is 2. The van der Waals surface area contributed by atoms with Crippen LogP contribution >= 0.6 is 0 Å². The van der Waals surface area contributed by atoms with Crippen LogP contribution in [0.5, 0.6) is 11.5 Å². The third kappa shape index (κ3) is 4.66. The summed E-state index contributed by atoms with van der Waals surface area (Å²) in [5, 5.41) is 2.96. The van der Waals surface area contributed by atoms with Crippen LogP contribution in [0.25, 0.3) is 5.69 Å². The fraction of sp³-hybridized carbons (Fsp3) is 0.250. The topological polar surface area (TPSA) is 76.0 Å². The van der Waals surface area contributed by atoms with Crippen molar-refractivity contribution in [3.05, 3.63) is 102 Å². The van der Waals surface area contributed by atoms with Gasteiger partial charge in [-0.05, 0) is 61.7 Å². The molecule has 0 spiro atoms. The van der Waals surface area contributed by atoms with Crippen LogP contribution in [0, 0.1) is 6.92 Å². The zero-order valence-electron chi connectivity index (χ0n) is 22.8. The van der Waals surface area contributed by atoms with Crippen LogP contribution in [-0.4, -0.2) is 48.2 Å². The first-order chi connectivity index (χ1) is 19.5. The van der Waals surface area contributed by atoms with Crippen molar-refractivity contribution < 1.29 is 19.1 Å². The lowest BCUT2D eigenvalue weighted by Gasteiger charge is -2.39. The summed E-state index contributed by atoms with van der Waals surface area (Å²) in [7, 11) is 3.12. The minimum absolute atomic E-state index is 0.00880. The number of anilines is 2. The largest absolute Gasteiger partial charge is 0.497 e. The number of ether oxygens (including phenoxy) is 2. The maximum Gasteiger partial charge on any atom is 0.322 e. The number of urea groups is 1. The highest BCUT2D eigenvalue weighted by Crippen LogP contribution is 2.43. The van der Waals surface area contributed by atoms with Crippen LogP contribution in [0.2, 0.25) is 0 Å². The van der Waals surface area contributed by atoms with Crippen molar-refractivity contribution in [2.24, 2.45) is 0 Å². The Kier molecular flexibility index (Phi) is 6.67. The van der Waals surface area contributed by atoms with E-state index in [-0.39, 0.29) is 30.6 Å². The van der Waals surface area contributed by atoms with Gasteiger partial charge in [0, 0.05) is 18.3 Å². The summed E-state index contributed by atoms with van der Waals surface area (Å²) in [6, 6.07) is 24.8. The minimum Gasteiger partial charge on any atom is -0.497 e. The summed E-state index contributed by atoms with van der Waals surface area (Å²) in [5.74, 6) is 0.968. The van der Waals surface area contributed by atoms with Gasteiger partial charge in [-0.3, -0.25) is 9.69 Å². The minimum atomic E-state index is -0.333. The molecule has 8 nitrogen and oxygen atoms in total. The lowest BCUT2D eigenvalue weighted by Crippen LogP contribution is -2.48. The number of fused-ring (bicyclic) bond motifs is 3. The Morgan fingerprint density at radius 3 is 2.45 bits per heavy atom. The SMILES string of the molecule is COc1ccc(NC(=O)N(CC(=O)N2c3ccccc3-n3cccc3C2c2cccc(C)c2)C2CC2)c(OC)c1. The first kappa shape index (κ1) is 25.6. The molecule has 0 radical (unpaired) electrons. The summed E-state index contributed by atoms with van der Waals surface area (Å²) in [6.07, 6.45) is 3.76. The lowest BCUT2D eigenvalue weighted by atomic mass is 9.96. The molecular weight excluding hydrogens is 504 g/mol. The van der Waals surface area contributed by atoms with Crippen LogP contribution in [0.15, 0.2) is 85.1 Å². The maximum atomic E-state index is 14.3. The smallest absolute Gasteiger partial charge is 0.322 e. The molecule has 1 aliphatic carbocycles. The molecule has 1 aliphatic heterocycles. The van der Waals surface area contributed by atoms with E-state index in [9.17, 15) is 9.59 Å². The average Bonchev–Trinajstić information content (AvgIpc) is 3.70. The molecule has 1 atom stereocenters. The van der Waals surface area contributed by atoms with Gasteiger partial charge in [-0.15, -0.1) is 0 Å². The van der Waals surface area contributed by atoms with Crippen molar-refractivity contribution in [3.8, 4) is 17.2 Å². The second kappa shape index (κ2) is 10.4. The molecule has 0 bridgehead atoms. The number of hydrogen-bond acceptors (Lipinski definition) is 4. The number of aryl methyl sites for hydroxylation is 1. The highest BCUT2D eigenvalue weighted by Gasteiger charge is 2.40. The van der Waals surface area contributed by atoms with Gasteiger partial charge in [-0.2, -0.15) is 0 Å². The number of nitrogens with one attached hydrogen (secondary N) is 1. The zero-order chi connectivity index (χ0) is 27.8. The third-order valence-corrected chi connectivity index (χ3v) is 7.55. The van der Waals surface area contributed by atoms with E-state index in [2.05, 4.69) is 41.1 Å². The monoisotopic (exact) mass is 536 g/mol. The molecular formula is C32H32N4O4. The van der Waals surface area contributed by atoms with E-state index < -0.39 is 0 Å². The Morgan fingerprint density at radius 1 is 0.925 bits per heavy atom. The molecule has 2 heterocycles. The number of nitrogens with zero attached hydrogens (tertiary/aromatic N) is 3. The van der Waals surface area contributed by atoms with E-state index >= 15 is 0 Å². The van der Waals surface area contributed by atoms with Crippen molar-refractivity contribution in [2.75, 3.05) is 31.0 Å². The summed E-state index contributed by atoms with van der Waals surface area (Å²) in [5.41, 5.74) is 5.41. The van der Waals surface area contributed by atoms with Gasteiger partial charge >= 0.3 is 6.03 Å². The van der Waals surface area contributed by atoms with Crippen LogP contribution < -0.4 is 19.7 Å². The molecule has 1 N–H and O–H groups in total. The van der Waals surface area contributed by atoms with Crippen LogP contribution in [-0.2, 0) is 4.79 Å². The fourth-order valence-electron chi connectivity index (χ4n) is 5.48. The average molecular weight is 537 g/mol. The van der Waals surface area contributed by atoms with E-state index in [1.54, 1.807) is 37.3 Å². The standard InChI is InChI=1S/C32H32N4O4/c1-21-8-6-9-22(18-21)31-28-12-7-17-34(28)26-10-4-5-11-27(26)36(31)30(37)20-35(23-13-14-23)32(38)33-25-16-15-24(39-2)19-29(25)40-3/h4-12,15-19,23,31H,13-14,20H2,1-3H3,(H,33,38). The van der Waals surface area contributed by atoms with E-state index in [0.717, 1.165) is 41.0 Å². The Bertz CT molecular complexity index is 1570. The van der Waals surface area contributed by atoms with Gasteiger partial charge in [-0.1, -0.05) is 42.0 Å². The summed E-state index contributed by atoms with van der Waals surface area (Å²) in [4.78, 5) is 31.4. The number of para-hydroxylation sites is 2. The van der Waals surface area contributed by atoms with Gasteiger partial charge in [0.1, 0.15) is 24.1 Å². The van der Waals surface area contributed by atoms with Gasteiger partial charge in [-0.25, -0.2) is 4.79 Å². The summed E-state index contributed by atoms with van der Waals surface area (Å²) < 4.78 is 12.9. The van der Waals surface area contributed by atoms with E-state index in [0.29, 0.717) is 17.2 Å². The molecule has 0 saturated heterocycles. The molecule has 1 fully saturated rings. The Morgan fingerprint density at radius 2 is 1.73 bits per heavy atom. The Labute approximate surface area is 233 Å². The molecule has 2 aliphatic rings. The van der Waals surface area contributed by atoms with E-state index in [1.807, 2.05) is 47.5 Å². The highest BCUT2D eigenvalue weighted by atomic mass is 16.5. The van der Waals surface area contributed by atoms with Crippen LogP contribution in [0.1, 0.15) is 35.7 Å². The number of benzene rings is 3. The highest BCUT2D eigenvalue weighted by molar-refractivity contribution is 6.02. The van der Waals surface area contributed by atoms with Gasteiger partial charge in [0.2, 0.25) is 5.91 Å². The molecule has 3 amide bonds. The number of methoxy groups -OCH3 is 2.